The Morgan fingerprint density at radius 1 is 1.53 bits per heavy atom. The number of carbonyl (C=O) groups excluding carboxylic acids is 1. The van der Waals surface area contributed by atoms with Crippen LogP contribution in [0.15, 0.2) is 0 Å². The number of nitrogens with one attached hydrogen (secondary N) is 2. The fraction of sp³-hybridized carbons (Fsp3) is 0.917. The lowest BCUT2D eigenvalue weighted by atomic mass is 10.0. The van der Waals surface area contributed by atoms with Gasteiger partial charge in [-0.2, -0.15) is 0 Å². The molecule has 0 radical (unpaired) electrons. The summed E-state index contributed by atoms with van der Waals surface area (Å²) in [5.74, 6) is 0.398. The number of nitrogens with zero attached hydrogens (tertiary/aromatic N) is 1. The third kappa shape index (κ3) is 4.61. The van der Waals surface area contributed by atoms with Crippen molar-refractivity contribution < 1.29 is 9.90 Å². The Labute approximate surface area is 104 Å². The maximum absolute atomic E-state index is 12.0. The van der Waals surface area contributed by atoms with Crippen LogP contribution in [0, 0.1) is 5.92 Å². The molecule has 0 bridgehead atoms. The zero-order valence-electron chi connectivity index (χ0n) is 11.2. The summed E-state index contributed by atoms with van der Waals surface area (Å²) in [4.78, 5) is 14.1. The number of aliphatic hydroxyl groups is 1. The largest absolute Gasteiger partial charge is 0.392 e. The SMILES string of the molecule is CC(C)C(CN(C)C)NC(=O)C1CC(O)CN1. The molecule has 3 N–H and O–H groups in total. The molecule has 1 saturated heterocycles. The molecular weight excluding hydrogens is 218 g/mol. The van der Waals surface area contributed by atoms with Crippen molar-refractivity contribution in [2.24, 2.45) is 5.92 Å². The molecule has 17 heavy (non-hydrogen) atoms. The van der Waals surface area contributed by atoms with Gasteiger partial charge in [0.15, 0.2) is 0 Å². The van der Waals surface area contributed by atoms with E-state index in [1.54, 1.807) is 0 Å². The van der Waals surface area contributed by atoms with E-state index in [9.17, 15) is 9.90 Å². The maximum Gasteiger partial charge on any atom is 0.237 e. The molecule has 1 aliphatic heterocycles. The minimum absolute atomic E-state index is 0.00194. The van der Waals surface area contributed by atoms with Crippen LogP contribution in [-0.2, 0) is 4.79 Å². The van der Waals surface area contributed by atoms with E-state index in [1.807, 2.05) is 14.1 Å². The van der Waals surface area contributed by atoms with Crippen LogP contribution in [0.2, 0.25) is 0 Å². The van der Waals surface area contributed by atoms with Gasteiger partial charge in [0.25, 0.3) is 0 Å². The van der Waals surface area contributed by atoms with E-state index in [4.69, 9.17) is 0 Å². The highest BCUT2D eigenvalue weighted by atomic mass is 16.3. The van der Waals surface area contributed by atoms with Crippen LogP contribution >= 0.6 is 0 Å². The molecule has 0 aliphatic carbocycles. The van der Waals surface area contributed by atoms with Gasteiger partial charge in [0.2, 0.25) is 5.91 Å². The molecule has 1 amide bonds. The van der Waals surface area contributed by atoms with Gasteiger partial charge in [-0.1, -0.05) is 13.8 Å². The zero-order valence-corrected chi connectivity index (χ0v) is 11.2. The van der Waals surface area contributed by atoms with Crippen molar-refractivity contribution in [3.8, 4) is 0 Å². The van der Waals surface area contributed by atoms with Crippen LogP contribution < -0.4 is 10.6 Å². The molecule has 100 valence electrons. The molecule has 5 nitrogen and oxygen atoms in total. The molecule has 1 heterocycles. The molecule has 1 rings (SSSR count). The average molecular weight is 243 g/mol. The van der Waals surface area contributed by atoms with Crippen LogP contribution in [0.5, 0.6) is 0 Å². The Morgan fingerprint density at radius 3 is 2.59 bits per heavy atom. The van der Waals surface area contributed by atoms with Gasteiger partial charge in [-0.25, -0.2) is 0 Å². The summed E-state index contributed by atoms with van der Waals surface area (Å²) >= 11 is 0. The summed E-state index contributed by atoms with van der Waals surface area (Å²) in [6.07, 6.45) is 0.121. The van der Waals surface area contributed by atoms with E-state index in [-0.39, 0.29) is 18.0 Å². The van der Waals surface area contributed by atoms with Crippen molar-refractivity contribution in [1.29, 1.82) is 0 Å². The third-order valence-corrected chi connectivity index (χ3v) is 3.12. The summed E-state index contributed by atoms with van der Waals surface area (Å²) in [7, 11) is 4.00. The van der Waals surface area contributed by atoms with E-state index >= 15 is 0 Å². The van der Waals surface area contributed by atoms with Crippen LogP contribution in [0.1, 0.15) is 20.3 Å². The number of β-amino-alcohol motifs (C(OH)–C–C–N with tert-alkyl or cyclic N) is 1. The van der Waals surface area contributed by atoms with Crippen LogP contribution in [-0.4, -0.2) is 61.3 Å². The number of hydrogen-bond donors (Lipinski definition) is 3. The van der Waals surface area contributed by atoms with E-state index < -0.39 is 6.10 Å². The van der Waals surface area contributed by atoms with Crippen molar-refractivity contribution in [3.63, 3.8) is 0 Å². The van der Waals surface area contributed by atoms with Crippen molar-refractivity contribution >= 4 is 5.91 Å². The standard InChI is InChI=1S/C12H25N3O2/c1-8(2)11(7-15(3)4)14-12(17)10-5-9(16)6-13-10/h8-11,13,16H,5-7H2,1-4H3,(H,14,17). The molecule has 3 unspecified atom stereocenters. The van der Waals surface area contributed by atoms with Crippen molar-refractivity contribution in [3.05, 3.63) is 0 Å². The second kappa shape index (κ2) is 6.33. The number of aliphatic hydroxyl groups excluding tert-OH is 1. The summed E-state index contributed by atoms with van der Waals surface area (Å²) in [6, 6.07) is -0.0922. The maximum atomic E-state index is 12.0. The van der Waals surface area contributed by atoms with Gasteiger partial charge in [-0.15, -0.1) is 0 Å². The number of carbonyl (C=O) groups is 1. The molecule has 3 atom stereocenters. The molecular formula is C12H25N3O2. The number of likely N-dealkylation sites (N-methyl/N-ethyl adjacent to an activating group) is 1. The van der Waals surface area contributed by atoms with Crippen molar-refractivity contribution in [1.82, 2.24) is 15.5 Å². The minimum Gasteiger partial charge on any atom is -0.392 e. The van der Waals surface area contributed by atoms with E-state index in [2.05, 4.69) is 29.4 Å². The van der Waals surface area contributed by atoms with Gasteiger partial charge in [0.1, 0.15) is 0 Å². The number of hydrogen-bond acceptors (Lipinski definition) is 4. The van der Waals surface area contributed by atoms with Gasteiger partial charge in [-0.05, 0) is 26.4 Å². The predicted molar refractivity (Wildman–Crippen MR) is 67.7 cm³/mol. The topological polar surface area (TPSA) is 64.6 Å². The highest BCUT2D eigenvalue weighted by Gasteiger charge is 2.29. The molecule has 1 aliphatic rings. The molecule has 1 fully saturated rings. The average Bonchev–Trinajstić information content (AvgIpc) is 2.63. The first-order valence-corrected chi connectivity index (χ1v) is 6.26. The normalized spacial score (nSPS) is 26.5. The van der Waals surface area contributed by atoms with Gasteiger partial charge in [0.05, 0.1) is 12.1 Å². The lowest BCUT2D eigenvalue weighted by molar-refractivity contribution is -0.124. The van der Waals surface area contributed by atoms with Crippen LogP contribution in [0.25, 0.3) is 0 Å². The molecule has 0 aromatic heterocycles. The lowest BCUT2D eigenvalue weighted by Gasteiger charge is -2.26. The first-order chi connectivity index (χ1) is 7.90. The Morgan fingerprint density at radius 2 is 2.18 bits per heavy atom. The summed E-state index contributed by atoms with van der Waals surface area (Å²) in [5.41, 5.74) is 0. The van der Waals surface area contributed by atoms with Gasteiger partial charge in [0, 0.05) is 19.1 Å². The predicted octanol–water partition coefficient (Wildman–Crippen LogP) is -0.588. The van der Waals surface area contributed by atoms with Crippen LogP contribution in [0.3, 0.4) is 0 Å². The first-order valence-electron chi connectivity index (χ1n) is 6.26. The fourth-order valence-electron chi connectivity index (χ4n) is 2.02. The second-order valence-electron chi connectivity index (χ2n) is 5.47. The molecule has 5 heteroatoms. The number of rotatable bonds is 5. The summed E-state index contributed by atoms with van der Waals surface area (Å²) < 4.78 is 0. The molecule has 0 saturated carbocycles. The van der Waals surface area contributed by atoms with E-state index in [1.165, 1.54) is 0 Å². The highest BCUT2D eigenvalue weighted by molar-refractivity contribution is 5.82. The van der Waals surface area contributed by atoms with E-state index in [0.717, 1.165) is 6.54 Å². The third-order valence-electron chi connectivity index (χ3n) is 3.12. The first kappa shape index (κ1) is 14.4. The minimum atomic E-state index is -0.392. The van der Waals surface area contributed by atoms with Crippen molar-refractivity contribution in [2.75, 3.05) is 27.2 Å². The van der Waals surface area contributed by atoms with Crippen LogP contribution in [0.4, 0.5) is 0 Å². The molecule has 0 spiro atoms. The Bertz CT molecular complexity index is 256. The van der Waals surface area contributed by atoms with Gasteiger partial charge < -0.3 is 20.6 Å². The van der Waals surface area contributed by atoms with Crippen molar-refractivity contribution in [2.45, 2.75) is 38.5 Å². The quantitative estimate of drug-likeness (QED) is 0.604. The molecule has 0 aromatic rings. The smallest absolute Gasteiger partial charge is 0.237 e. The summed E-state index contributed by atoms with van der Waals surface area (Å²) in [6.45, 7) is 5.55. The lowest BCUT2D eigenvalue weighted by Crippen LogP contribution is -2.50. The fourth-order valence-corrected chi connectivity index (χ4v) is 2.02. The number of amides is 1. The molecule has 0 aromatic carbocycles. The monoisotopic (exact) mass is 243 g/mol. The zero-order chi connectivity index (χ0) is 13.0. The Hall–Kier alpha value is -0.650. The Balaban J connectivity index is 2.46. The Kier molecular flexibility index (Phi) is 5.36. The van der Waals surface area contributed by atoms with Gasteiger partial charge >= 0.3 is 0 Å². The second-order valence-corrected chi connectivity index (χ2v) is 5.47. The summed E-state index contributed by atoms with van der Waals surface area (Å²) in [5, 5.41) is 15.5. The van der Waals surface area contributed by atoms with Gasteiger partial charge in [-0.3, -0.25) is 4.79 Å². The van der Waals surface area contributed by atoms with E-state index in [0.29, 0.717) is 18.9 Å². The highest BCUT2D eigenvalue weighted by Crippen LogP contribution is 2.08.